The van der Waals surface area contributed by atoms with Gasteiger partial charge in [0, 0.05) is 25.1 Å². The average Bonchev–Trinajstić information content (AvgIpc) is 2.53. The number of β-lactam (4-membered cyclic amide) rings is 1. The maximum Gasteiger partial charge on any atom is 0.250 e. The van der Waals surface area contributed by atoms with Gasteiger partial charge in [-0.2, -0.15) is 0 Å². The molecule has 2 rings (SSSR count). The summed E-state index contributed by atoms with van der Waals surface area (Å²) < 4.78 is 4.80. The molecule has 1 heterocycles. The van der Waals surface area contributed by atoms with Crippen molar-refractivity contribution in [2.45, 2.75) is 19.3 Å². The number of hydrogen-bond donors (Lipinski definition) is 1. The first kappa shape index (κ1) is 16.8. The van der Waals surface area contributed by atoms with Crippen LogP contribution in [0.5, 0.6) is 0 Å². The number of likely N-dealkylation sites (tertiary alicyclic amines) is 1. The van der Waals surface area contributed by atoms with Crippen LogP contribution in [0, 0.1) is 0 Å². The van der Waals surface area contributed by atoms with Crippen molar-refractivity contribution in [1.82, 2.24) is 4.90 Å². The number of nitrogens with one attached hydrogen (secondary N) is 1. The molecule has 1 saturated heterocycles. The smallest absolute Gasteiger partial charge is 0.250 e. The average molecular weight is 318 g/mol. The normalized spacial score (nSPS) is 13.4. The Morgan fingerprint density at radius 2 is 2.00 bits per heavy atom. The summed E-state index contributed by atoms with van der Waals surface area (Å²) in [5.41, 5.74) is 1.55. The predicted molar refractivity (Wildman–Crippen MR) is 81.6 cm³/mol. The lowest BCUT2D eigenvalue weighted by Gasteiger charge is -2.28. The molecule has 1 N–H and O–H groups in total. The molecule has 1 aromatic rings. The summed E-state index contributed by atoms with van der Waals surface area (Å²) in [5.74, 6) is -0.595. The van der Waals surface area contributed by atoms with E-state index in [2.05, 4.69) is 5.32 Å². The molecule has 0 spiro atoms. The largest absolute Gasteiger partial charge is 0.364 e. The van der Waals surface area contributed by atoms with Crippen molar-refractivity contribution in [3.05, 3.63) is 29.8 Å². The molecule has 1 aliphatic rings. The Balaban J connectivity index is 1.75. The zero-order valence-electron chi connectivity index (χ0n) is 12.6. The molecule has 0 saturated carbocycles. The standard InChI is InChI=1S/C16H18N2O5/c19-9-10-23-11-14(20)17-13-4-1-12(2-5-13)3-6-15(21)18-8-7-16(18)22/h1-2,4-5,9H,3,6-8,10-11H2,(H,17,20). The van der Waals surface area contributed by atoms with Gasteiger partial charge in [-0.3, -0.25) is 19.3 Å². The van der Waals surface area contributed by atoms with Gasteiger partial charge in [0.1, 0.15) is 19.5 Å². The molecule has 1 fully saturated rings. The maximum atomic E-state index is 11.8. The number of nitrogens with zero attached hydrogens (tertiary/aromatic N) is 1. The number of carbonyl (C=O) groups is 4. The third-order valence-electron chi connectivity index (χ3n) is 3.44. The van der Waals surface area contributed by atoms with Gasteiger partial charge in [-0.1, -0.05) is 12.1 Å². The van der Waals surface area contributed by atoms with E-state index in [0.717, 1.165) is 5.56 Å². The quantitative estimate of drug-likeness (QED) is 0.429. The molecule has 7 heteroatoms. The van der Waals surface area contributed by atoms with Crippen molar-refractivity contribution >= 4 is 29.7 Å². The highest BCUT2D eigenvalue weighted by atomic mass is 16.5. The minimum Gasteiger partial charge on any atom is -0.364 e. The van der Waals surface area contributed by atoms with Crippen LogP contribution in [0.2, 0.25) is 0 Å². The molecule has 0 radical (unpaired) electrons. The van der Waals surface area contributed by atoms with Crippen molar-refractivity contribution in [2.75, 3.05) is 25.1 Å². The summed E-state index contributed by atoms with van der Waals surface area (Å²) in [6.07, 6.45) is 1.87. The fraction of sp³-hybridized carbons (Fsp3) is 0.375. The summed E-state index contributed by atoms with van der Waals surface area (Å²) in [6.45, 7) is 0.230. The van der Waals surface area contributed by atoms with Crippen molar-refractivity contribution < 1.29 is 23.9 Å². The molecule has 7 nitrogen and oxygen atoms in total. The van der Waals surface area contributed by atoms with Crippen molar-refractivity contribution in [1.29, 1.82) is 0 Å². The van der Waals surface area contributed by atoms with Crippen LogP contribution < -0.4 is 5.32 Å². The number of aryl methyl sites for hydroxylation is 1. The van der Waals surface area contributed by atoms with E-state index in [0.29, 0.717) is 31.4 Å². The fourth-order valence-electron chi connectivity index (χ4n) is 2.12. The van der Waals surface area contributed by atoms with Gasteiger partial charge in [0.15, 0.2) is 0 Å². The summed E-state index contributed by atoms with van der Waals surface area (Å²) in [5, 5.41) is 2.64. The Labute approximate surface area is 133 Å². The van der Waals surface area contributed by atoms with Gasteiger partial charge in [-0.25, -0.2) is 0 Å². The zero-order chi connectivity index (χ0) is 16.7. The number of benzene rings is 1. The number of anilines is 1. The van der Waals surface area contributed by atoms with Crippen LogP contribution in [0.15, 0.2) is 24.3 Å². The van der Waals surface area contributed by atoms with Gasteiger partial charge in [0.25, 0.3) is 0 Å². The second-order valence-corrected chi connectivity index (χ2v) is 5.12. The molecule has 0 atom stereocenters. The highest BCUT2D eigenvalue weighted by Gasteiger charge is 2.29. The van der Waals surface area contributed by atoms with Gasteiger partial charge in [0.2, 0.25) is 17.7 Å². The topological polar surface area (TPSA) is 92.8 Å². The molecule has 0 unspecified atom stereocenters. The minimum atomic E-state index is -0.342. The van der Waals surface area contributed by atoms with Crippen molar-refractivity contribution in [3.63, 3.8) is 0 Å². The Kier molecular flexibility index (Phi) is 5.99. The van der Waals surface area contributed by atoms with Gasteiger partial charge in [0.05, 0.1) is 0 Å². The van der Waals surface area contributed by atoms with E-state index in [1.165, 1.54) is 4.90 Å². The van der Waals surface area contributed by atoms with Gasteiger partial charge in [-0.15, -0.1) is 0 Å². The molecular weight excluding hydrogens is 300 g/mol. The van der Waals surface area contributed by atoms with Crippen molar-refractivity contribution in [2.24, 2.45) is 0 Å². The Morgan fingerprint density at radius 3 is 2.57 bits per heavy atom. The first-order valence-electron chi connectivity index (χ1n) is 7.33. The fourth-order valence-corrected chi connectivity index (χ4v) is 2.12. The highest BCUT2D eigenvalue weighted by molar-refractivity contribution is 5.99. The first-order chi connectivity index (χ1) is 11.1. The number of imide groups is 1. The van der Waals surface area contributed by atoms with Crippen LogP contribution in [0.25, 0.3) is 0 Å². The van der Waals surface area contributed by atoms with Gasteiger partial charge >= 0.3 is 0 Å². The summed E-state index contributed by atoms with van der Waals surface area (Å²) in [4.78, 5) is 45.8. The van der Waals surface area contributed by atoms with Crippen LogP contribution in [-0.4, -0.2) is 48.7 Å². The molecule has 0 bridgehead atoms. The number of aldehydes is 1. The number of carbonyl (C=O) groups excluding carboxylic acids is 4. The van der Waals surface area contributed by atoms with E-state index < -0.39 is 0 Å². The van der Waals surface area contributed by atoms with E-state index in [9.17, 15) is 19.2 Å². The minimum absolute atomic E-state index is 0.107. The lowest BCUT2D eigenvalue weighted by Crippen LogP contribution is -2.47. The molecule has 1 aromatic carbocycles. The van der Waals surface area contributed by atoms with E-state index >= 15 is 0 Å². The number of ether oxygens (including phenoxy) is 1. The molecule has 1 aliphatic heterocycles. The van der Waals surface area contributed by atoms with E-state index in [4.69, 9.17) is 4.74 Å². The summed E-state index contributed by atoms with van der Waals surface area (Å²) >= 11 is 0. The van der Waals surface area contributed by atoms with Crippen LogP contribution in [-0.2, 0) is 30.3 Å². The maximum absolute atomic E-state index is 11.8. The molecular formula is C16H18N2O5. The predicted octanol–water partition coefficient (Wildman–Crippen LogP) is 0.532. The van der Waals surface area contributed by atoms with E-state index in [1.807, 2.05) is 12.1 Å². The monoisotopic (exact) mass is 318 g/mol. The highest BCUT2D eigenvalue weighted by Crippen LogP contribution is 2.14. The zero-order valence-corrected chi connectivity index (χ0v) is 12.6. The molecule has 23 heavy (non-hydrogen) atoms. The SMILES string of the molecule is O=CCOCC(=O)Nc1ccc(CCC(=O)N2CCC2=O)cc1. The van der Waals surface area contributed by atoms with E-state index in [-0.39, 0.29) is 37.4 Å². The van der Waals surface area contributed by atoms with Gasteiger partial charge in [-0.05, 0) is 24.1 Å². The molecule has 0 aliphatic carbocycles. The molecule has 122 valence electrons. The number of amides is 3. The van der Waals surface area contributed by atoms with Crippen molar-refractivity contribution in [3.8, 4) is 0 Å². The molecule has 3 amide bonds. The third-order valence-corrected chi connectivity index (χ3v) is 3.44. The second-order valence-electron chi connectivity index (χ2n) is 5.12. The Morgan fingerprint density at radius 1 is 1.26 bits per heavy atom. The third kappa shape index (κ3) is 5.00. The van der Waals surface area contributed by atoms with Crippen LogP contribution in [0.4, 0.5) is 5.69 Å². The lowest BCUT2D eigenvalue weighted by molar-refractivity contribution is -0.152. The second kappa shape index (κ2) is 8.19. The Bertz CT molecular complexity index is 597. The van der Waals surface area contributed by atoms with E-state index in [1.54, 1.807) is 12.1 Å². The summed E-state index contributed by atoms with van der Waals surface area (Å²) in [6, 6.07) is 7.08. The Hall–Kier alpha value is -2.54. The van der Waals surface area contributed by atoms with Crippen LogP contribution >= 0.6 is 0 Å². The van der Waals surface area contributed by atoms with Gasteiger partial charge < -0.3 is 14.8 Å². The number of hydrogen-bond acceptors (Lipinski definition) is 5. The molecule has 0 aromatic heterocycles. The lowest BCUT2D eigenvalue weighted by atomic mass is 10.1. The first-order valence-corrected chi connectivity index (χ1v) is 7.33. The summed E-state index contributed by atoms with van der Waals surface area (Å²) in [7, 11) is 0. The van der Waals surface area contributed by atoms with Crippen LogP contribution in [0.3, 0.4) is 0 Å². The van der Waals surface area contributed by atoms with Crippen LogP contribution in [0.1, 0.15) is 18.4 Å². The number of rotatable bonds is 8.